The van der Waals surface area contributed by atoms with Crippen LogP contribution in [0.25, 0.3) is 0 Å². The Balaban J connectivity index is 1.77. The van der Waals surface area contributed by atoms with E-state index < -0.39 is 10.0 Å². The minimum absolute atomic E-state index is 0.162. The Morgan fingerprint density at radius 2 is 1.63 bits per heavy atom. The van der Waals surface area contributed by atoms with Crippen LogP contribution in [0.5, 0.6) is 0 Å². The second-order valence-corrected chi connectivity index (χ2v) is 8.89. The van der Waals surface area contributed by atoms with Gasteiger partial charge in [-0.05, 0) is 43.5 Å². The van der Waals surface area contributed by atoms with E-state index in [0.29, 0.717) is 18.7 Å². The molecule has 1 heterocycles. The largest absolute Gasteiger partial charge is 0.346 e. The maximum atomic E-state index is 13.0. The first-order chi connectivity index (χ1) is 13.0. The molecule has 1 aliphatic rings. The standard InChI is InChI=1S/C21H26N2O3S/c1-17(18-10-5-4-6-11-18)22-21(24)19-12-9-13-20(16-19)27(25,26)23-14-7-2-3-8-15-23/h4-6,9-13,16-17H,2-3,7-8,14-15H2,1H3,(H,22,24)/t17-/m1/s1. The van der Waals surface area contributed by atoms with Gasteiger partial charge in [0.15, 0.2) is 0 Å². The van der Waals surface area contributed by atoms with E-state index in [1.54, 1.807) is 22.5 Å². The number of benzene rings is 2. The fourth-order valence-electron chi connectivity index (χ4n) is 3.33. The van der Waals surface area contributed by atoms with Crippen molar-refractivity contribution in [2.45, 2.75) is 43.5 Å². The van der Waals surface area contributed by atoms with Gasteiger partial charge in [-0.15, -0.1) is 0 Å². The molecule has 1 N–H and O–H groups in total. The molecular weight excluding hydrogens is 360 g/mol. The van der Waals surface area contributed by atoms with Crippen LogP contribution < -0.4 is 5.32 Å². The maximum absolute atomic E-state index is 13.0. The van der Waals surface area contributed by atoms with Crippen LogP contribution in [0.3, 0.4) is 0 Å². The van der Waals surface area contributed by atoms with Gasteiger partial charge in [-0.25, -0.2) is 8.42 Å². The summed E-state index contributed by atoms with van der Waals surface area (Å²) in [5, 5.41) is 2.93. The highest BCUT2D eigenvalue weighted by Gasteiger charge is 2.26. The molecule has 1 fully saturated rings. The Morgan fingerprint density at radius 3 is 2.30 bits per heavy atom. The zero-order valence-electron chi connectivity index (χ0n) is 15.6. The number of carbonyl (C=O) groups excluding carboxylic acids is 1. The summed E-state index contributed by atoms with van der Waals surface area (Å²) in [5.74, 6) is -0.278. The van der Waals surface area contributed by atoms with E-state index in [-0.39, 0.29) is 16.8 Å². The molecule has 0 spiro atoms. The number of amides is 1. The quantitative estimate of drug-likeness (QED) is 0.851. The van der Waals surface area contributed by atoms with Crippen LogP contribution in [0.4, 0.5) is 0 Å². The molecule has 0 aliphatic carbocycles. The van der Waals surface area contributed by atoms with Gasteiger partial charge >= 0.3 is 0 Å². The average Bonchev–Trinajstić information content (AvgIpc) is 2.99. The maximum Gasteiger partial charge on any atom is 0.251 e. The summed E-state index contributed by atoms with van der Waals surface area (Å²) in [6.45, 7) is 3.00. The molecule has 27 heavy (non-hydrogen) atoms. The normalized spacial score (nSPS) is 17.1. The molecule has 6 heteroatoms. The Bertz CT molecular complexity index is 873. The van der Waals surface area contributed by atoms with E-state index in [9.17, 15) is 13.2 Å². The summed E-state index contributed by atoms with van der Waals surface area (Å²) in [6, 6.07) is 15.8. The average molecular weight is 387 g/mol. The van der Waals surface area contributed by atoms with Crippen LogP contribution in [0.15, 0.2) is 59.5 Å². The third-order valence-electron chi connectivity index (χ3n) is 4.95. The predicted octanol–water partition coefficient (Wildman–Crippen LogP) is 3.74. The number of sulfonamides is 1. The molecule has 0 unspecified atom stereocenters. The Hall–Kier alpha value is -2.18. The molecule has 0 bridgehead atoms. The van der Waals surface area contributed by atoms with Crippen molar-refractivity contribution in [3.8, 4) is 0 Å². The van der Waals surface area contributed by atoms with Crippen molar-refractivity contribution in [3.05, 3.63) is 65.7 Å². The summed E-state index contributed by atoms with van der Waals surface area (Å²) in [7, 11) is -3.57. The molecule has 5 nitrogen and oxygen atoms in total. The third kappa shape index (κ3) is 4.76. The number of hydrogen-bond acceptors (Lipinski definition) is 3. The molecular formula is C21H26N2O3S. The fraction of sp³-hybridized carbons (Fsp3) is 0.381. The summed E-state index contributed by atoms with van der Waals surface area (Å²) in [6.07, 6.45) is 3.89. The topological polar surface area (TPSA) is 66.5 Å². The molecule has 2 aromatic rings. The van der Waals surface area contributed by atoms with Crippen molar-refractivity contribution >= 4 is 15.9 Å². The van der Waals surface area contributed by atoms with Crippen molar-refractivity contribution in [1.29, 1.82) is 0 Å². The van der Waals surface area contributed by atoms with Gasteiger partial charge in [0.25, 0.3) is 5.91 Å². The van der Waals surface area contributed by atoms with E-state index >= 15 is 0 Å². The zero-order valence-corrected chi connectivity index (χ0v) is 16.4. The smallest absolute Gasteiger partial charge is 0.251 e. The highest BCUT2D eigenvalue weighted by atomic mass is 32.2. The molecule has 0 radical (unpaired) electrons. The van der Waals surface area contributed by atoms with E-state index in [0.717, 1.165) is 31.2 Å². The van der Waals surface area contributed by atoms with Crippen LogP contribution in [0.2, 0.25) is 0 Å². The highest BCUT2D eigenvalue weighted by molar-refractivity contribution is 7.89. The summed E-state index contributed by atoms with van der Waals surface area (Å²) in [5.41, 5.74) is 1.35. The van der Waals surface area contributed by atoms with Gasteiger partial charge in [-0.3, -0.25) is 4.79 Å². The minimum Gasteiger partial charge on any atom is -0.346 e. The molecule has 144 valence electrons. The molecule has 1 atom stereocenters. The fourth-order valence-corrected chi connectivity index (χ4v) is 4.90. The van der Waals surface area contributed by atoms with Gasteiger partial charge in [0.05, 0.1) is 10.9 Å². The summed E-state index contributed by atoms with van der Waals surface area (Å²) < 4.78 is 27.5. The Morgan fingerprint density at radius 1 is 0.963 bits per heavy atom. The molecule has 1 aliphatic heterocycles. The van der Waals surface area contributed by atoms with Crippen LogP contribution in [-0.2, 0) is 10.0 Å². The Labute approximate surface area is 161 Å². The lowest BCUT2D eigenvalue weighted by molar-refractivity contribution is 0.0939. The predicted molar refractivity (Wildman–Crippen MR) is 106 cm³/mol. The van der Waals surface area contributed by atoms with E-state index in [1.165, 1.54) is 6.07 Å². The monoisotopic (exact) mass is 386 g/mol. The van der Waals surface area contributed by atoms with Crippen LogP contribution in [0, 0.1) is 0 Å². The van der Waals surface area contributed by atoms with Gasteiger partial charge in [0.2, 0.25) is 10.0 Å². The number of nitrogens with zero attached hydrogens (tertiary/aromatic N) is 1. The van der Waals surface area contributed by atoms with Crippen molar-refractivity contribution in [3.63, 3.8) is 0 Å². The first kappa shape index (κ1) is 19.6. The summed E-state index contributed by atoms with van der Waals surface area (Å²) >= 11 is 0. The number of rotatable bonds is 5. The SMILES string of the molecule is C[C@@H](NC(=O)c1cccc(S(=O)(=O)N2CCCCCC2)c1)c1ccccc1. The van der Waals surface area contributed by atoms with Gasteiger partial charge in [0, 0.05) is 18.7 Å². The van der Waals surface area contributed by atoms with E-state index in [4.69, 9.17) is 0 Å². The highest BCUT2D eigenvalue weighted by Crippen LogP contribution is 2.21. The van der Waals surface area contributed by atoms with Gasteiger partial charge in [0.1, 0.15) is 0 Å². The number of nitrogens with one attached hydrogen (secondary N) is 1. The lowest BCUT2D eigenvalue weighted by Gasteiger charge is -2.20. The third-order valence-corrected chi connectivity index (χ3v) is 6.84. The second kappa shape index (κ2) is 8.67. The Kier molecular flexibility index (Phi) is 6.29. The van der Waals surface area contributed by atoms with Crippen molar-refractivity contribution in [2.24, 2.45) is 0 Å². The van der Waals surface area contributed by atoms with E-state index in [2.05, 4.69) is 5.32 Å². The van der Waals surface area contributed by atoms with Crippen LogP contribution in [-0.4, -0.2) is 31.7 Å². The summed E-state index contributed by atoms with van der Waals surface area (Å²) in [4.78, 5) is 12.8. The lowest BCUT2D eigenvalue weighted by Crippen LogP contribution is -2.32. The van der Waals surface area contributed by atoms with Gasteiger partial charge in [-0.2, -0.15) is 4.31 Å². The van der Waals surface area contributed by atoms with Gasteiger partial charge < -0.3 is 5.32 Å². The number of hydrogen-bond donors (Lipinski definition) is 1. The van der Waals surface area contributed by atoms with Crippen molar-refractivity contribution in [1.82, 2.24) is 9.62 Å². The van der Waals surface area contributed by atoms with Gasteiger partial charge in [-0.1, -0.05) is 49.2 Å². The first-order valence-electron chi connectivity index (χ1n) is 9.44. The molecule has 1 saturated heterocycles. The molecule has 2 aromatic carbocycles. The van der Waals surface area contributed by atoms with E-state index in [1.807, 2.05) is 37.3 Å². The molecule has 1 amide bonds. The van der Waals surface area contributed by atoms with Crippen LogP contribution >= 0.6 is 0 Å². The minimum atomic E-state index is -3.57. The molecule has 0 saturated carbocycles. The molecule has 0 aromatic heterocycles. The van der Waals surface area contributed by atoms with Crippen molar-refractivity contribution < 1.29 is 13.2 Å². The van der Waals surface area contributed by atoms with Crippen LogP contribution in [0.1, 0.15) is 54.6 Å². The number of carbonyl (C=O) groups is 1. The second-order valence-electron chi connectivity index (χ2n) is 6.95. The van der Waals surface area contributed by atoms with Crippen molar-refractivity contribution in [2.75, 3.05) is 13.1 Å². The lowest BCUT2D eigenvalue weighted by atomic mass is 10.1. The molecule has 3 rings (SSSR count). The zero-order chi connectivity index (χ0) is 19.3. The first-order valence-corrected chi connectivity index (χ1v) is 10.9.